The Morgan fingerprint density at radius 1 is 0.900 bits per heavy atom. The van der Waals surface area contributed by atoms with Crippen molar-refractivity contribution >= 4 is 24.7 Å². The Labute approximate surface area is 230 Å². The van der Waals surface area contributed by atoms with Crippen molar-refractivity contribution in [3.05, 3.63) is 114 Å². The third kappa shape index (κ3) is 5.78. The van der Waals surface area contributed by atoms with Gasteiger partial charge in [0.25, 0.3) is 0 Å². The molecule has 0 saturated carbocycles. The number of phenolic OH excluding ortho intramolecular Hbond substituents is 1. The third-order valence-corrected chi connectivity index (χ3v) is 7.95. The molecule has 1 amide bonds. The van der Waals surface area contributed by atoms with E-state index in [9.17, 15) is 33.7 Å². The predicted molar refractivity (Wildman–Crippen MR) is 148 cm³/mol. The van der Waals surface area contributed by atoms with Gasteiger partial charge < -0.3 is 24.7 Å². The molecule has 4 N–H and O–H groups in total. The lowest BCUT2D eigenvalue weighted by atomic mass is 9.92. The van der Waals surface area contributed by atoms with E-state index < -0.39 is 37.8 Å². The van der Waals surface area contributed by atoms with E-state index in [2.05, 4.69) is 0 Å². The number of rotatable bonds is 8. The van der Waals surface area contributed by atoms with Gasteiger partial charge in [-0.1, -0.05) is 54.6 Å². The Bertz CT molecular complexity index is 1540. The van der Waals surface area contributed by atoms with Crippen LogP contribution in [-0.2, 0) is 9.30 Å². The number of para-hydroxylation sites is 1. The zero-order valence-corrected chi connectivity index (χ0v) is 22.1. The van der Waals surface area contributed by atoms with Gasteiger partial charge in [0.05, 0.1) is 11.4 Å². The minimum atomic E-state index is -4.38. The van der Waals surface area contributed by atoms with Crippen LogP contribution in [0.2, 0.25) is 0 Å². The molecule has 3 atom stereocenters. The van der Waals surface area contributed by atoms with Gasteiger partial charge >= 0.3 is 13.7 Å². The molecule has 206 valence electrons. The third-order valence-electron chi connectivity index (χ3n) is 6.98. The van der Waals surface area contributed by atoms with Crippen molar-refractivity contribution in [1.29, 1.82) is 0 Å². The number of aliphatic hydroxyl groups excluding tert-OH is 1. The van der Waals surface area contributed by atoms with E-state index in [0.717, 1.165) is 0 Å². The largest absolute Gasteiger partial charge is 0.508 e. The molecule has 40 heavy (non-hydrogen) atoms. The molecule has 1 fully saturated rings. The first-order valence-corrected chi connectivity index (χ1v) is 14.2. The molecule has 0 aliphatic carbocycles. The highest BCUT2D eigenvalue weighted by Gasteiger charge is 2.44. The Kier molecular flexibility index (Phi) is 7.74. The zero-order valence-electron chi connectivity index (χ0n) is 21.2. The molecule has 8 nitrogen and oxygen atoms in total. The maximum Gasteiger partial charge on any atom is 0.415 e. The first-order chi connectivity index (χ1) is 19.1. The molecule has 1 aliphatic heterocycles. The van der Waals surface area contributed by atoms with E-state index in [4.69, 9.17) is 4.74 Å². The van der Waals surface area contributed by atoms with Crippen LogP contribution in [0.3, 0.4) is 0 Å². The standard InChI is InChI=1S/C30H27FNO7P/c31-22-11-6-20(7-12-22)26(33)16-17-28-29(32(30(35)39-28)23-4-2-1-3-5-23)25-15-10-21(18-27(25)34)19-8-13-24(14-9-19)40(36,37)38/h1-15,18,26,28-29,33-34H,16-17H2,(H2,36,37,38)/t26?,28-,29-/m1/s1. The predicted octanol–water partition coefficient (Wildman–Crippen LogP) is 5.58. The first-order valence-electron chi connectivity index (χ1n) is 12.6. The van der Waals surface area contributed by atoms with E-state index in [0.29, 0.717) is 27.9 Å². The molecule has 0 spiro atoms. The average molecular weight is 564 g/mol. The molecule has 4 aromatic rings. The number of nitrogens with zero attached hydrogens (tertiary/aromatic N) is 1. The van der Waals surface area contributed by atoms with Crippen LogP contribution in [0.15, 0.2) is 97.1 Å². The molecule has 0 aromatic heterocycles. The van der Waals surface area contributed by atoms with Crippen molar-refractivity contribution in [3.8, 4) is 16.9 Å². The highest BCUT2D eigenvalue weighted by molar-refractivity contribution is 7.60. The number of hydrogen-bond acceptors (Lipinski definition) is 5. The van der Waals surface area contributed by atoms with Crippen LogP contribution in [0.25, 0.3) is 11.1 Å². The molecule has 0 bridgehead atoms. The number of carbonyl (C=O) groups excluding carboxylic acids is 1. The second-order valence-electron chi connectivity index (χ2n) is 9.58. The molecule has 1 aliphatic rings. The molecule has 1 saturated heterocycles. The zero-order chi connectivity index (χ0) is 28.4. The minimum absolute atomic E-state index is 0.0927. The summed E-state index contributed by atoms with van der Waals surface area (Å²) in [6.07, 6.45) is -1.70. The van der Waals surface area contributed by atoms with Crippen LogP contribution in [0, 0.1) is 5.82 Å². The van der Waals surface area contributed by atoms with Crippen molar-refractivity contribution < 1.29 is 38.5 Å². The van der Waals surface area contributed by atoms with Crippen molar-refractivity contribution in [2.45, 2.75) is 31.1 Å². The highest BCUT2D eigenvalue weighted by Crippen LogP contribution is 2.44. The van der Waals surface area contributed by atoms with E-state index in [1.807, 2.05) is 6.07 Å². The maximum absolute atomic E-state index is 13.3. The molecule has 1 unspecified atom stereocenters. The second kappa shape index (κ2) is 11.2. The molecule has 4 aromatic carbocycles. The van der Waals surface area contributed by atoms with Crippen molar-refractivity contribution in [3.63, 3.8) is 0 Å². The van der Waals surface area contributed by atoms with Crippen LogP contribution in [0.5, 0.6) is 5.75 Å². The lowest BCUT2D eigenvalue weighted by Crippen LogP contribution is -2.29. The summed E-state index contributed by atoms with van der Waals surface area (Å²) in [6, 6.07) is 24.5. The van der Waals surface area contributed by atoms with Gasteiger partial charge in [-0.25, -0.2) is 9.18 Å². The van der Waals surface area contributed by atoms with Gasteiger partial charge in [0.2, 0.25) is 0 Å². The Morgan fingerprint density at radius 3 is 2.17 bits per heavy atom. The van der Waals surface area contributed by atoms with Gasteiger partial charge in [-0.3, -0.25) is 9.46 Å². The van der Waals surface area contributed by atoms with Gasteiger partial charge in [0.15, 0.2) is 0 Å². The lowest BCUT2D eigenvalue weighted by molar-refractivity contribution is 0.100. The summed E-state index contributed by atoms with van der Waals surface area (Å²) < 4.78 is 30.6. The number of anilines is 1. The molecule has 0 radical (unpaired) electrons. The number of benzene rings is 4. The van der Waals surface area contributed by atoms with E-state index in [1.54, 1.807) is 48.5 Å². The van der Waals surface area contributed by atoms with Crippen LogP contribution < -0.4 is 10.2 Å². The lowest BCUT2D eigenvalue weighted by Gasteiger charge is -2.26. The van der Waals surface area contributed by atoms with Crippen molar-refractivity contribution in [2.75, 3.05) is 4.90 Å². The Hall–Kier alpha value is -4.01. The molecular formula is C30H27FNO7P. The summed E-state index contributed by atoms with van der Waals surface area (Å²) in [4.78, 5) is 33.3. The Morgan fingerprint density at radius 2 is 1.55 bits per heavy atom. The van der Waals surface area contributed by atoms with Crippen LogP contribution >= 0.6 is 7.60 Å². The highest BCUT2D eigenvalue weighted by atomic mass is 31.2. The number of hydrogen-bond donors (Lipinski definition) is 4. The molecular weight excluding hydrogens is 536 g/mol. The number of carbonyl (C=O) groups is 1. The Balaban J connectivity index is 1.45. The van der Waals surface area contributed by atoms with Crippen LogP contribution in [0.1, 0.15) is 36.1 Å². The molecule has 1 heterocycles. The minimum Gasteiger partial charge on any atom is -0.508 e. The normalized spacial score (nSPS) is 18.0. The van der Waals surface area contributed by atoms with E-state index in [1.165, 1.54) is 47.4 Å². The summed E-state index contributed by atoms with van der Waals surface area (Å²) in [5.74, 6) is -0.499. The number of halogens is 1. The number of aliphatic hydroxyl groups is 1. The summed E-state index contributed by atoms with van der Waals surface area (Å²) in [5.41, 5.74) is 2.80. The van der Waals surface area contributed by atoms with Gasteiger partial charge in [-0.05, 0) is 72.0 Å². The topological polar surface area (TPSA) is 128 Å². The smallest absolute Gasteiger partial charge is 0.415 e. The van der Waals surface area contributed by atoms with Crippen molar-refractivity contribution in [2.24, 2.45) is 0 Å². The SMILES string of the molecule is O=C1O[C@H](CCC(O)c2ccc(F)cc2)[C@@H](c2ccc(-c3ccc(P(=O)(O)O)cc3)cc2O)N1c1ccccc1. The fraction of sp³-hybridized carbons (Fsp3) is 0.167. The number of cyclic esters (lactones) is 1. The van der Waals surface area contributed by atoms with Gasteiger partial charge in [-0.15, -0.1) is 0 Å². The number of phenols is 1. The fourth-order valence-electron chi connectivity index (χ4n) is 4.94. The summed E-state index contributed by atoms with van der Waals surface area (Å²) in [6.45, 7) is 0. The van der Waals surface area contributed by atoms with Gasteiger partial charge in [0, 0.05) is 11.3 Å². The summed E-state index contributed by atoms with van der Waals surface area (Å²) >= 11 is 0. The van der Waals surface area contributed by atoms with Crippen molar-refractivity contribution in [1.82, 2.24) is 0 Å². The number of ether oxygens (including phenoxy) is 1. The van der Waals surface area contributed by atoms with Crippen LogP contribution in [0.4, 0.5) is 14.9 Å². The maximum atomic E-state index is 13.3. The summed E-state index contributed by atoms with van der Waals surface area (Å²) in [5, 5.41) is 21.7. The number of amides is 1. The average Bonchev–Trinajstić information content (AvgIpc) is 3.27. The first kappa shape index (κ1) is 27.6. The summed E-state index contributed by atoms with van der Waals surface area (Å²) in [7, 11) is -4.38. The monoisotopic (exact) mass is 563 g/mol. The number of aromatic hydroxyl groups is 1. The quantitative estimate of drug-likeness (QED) is 0.206. The van der Waals surface area contributed by atoms with Gasteiger partial charge in [0.1, 0.15) is 23.7 Å². The fourth-order valence-corrected chi connectivity index (χ4v) is 5.47. The molecule has 5 rings (SSSR count). The van der Waals surface area contributed by atoms with Gasteiger partial charge in [-0.2, -0.15) is 0 Å². The second-order valence-corrected chi connectivity index (χ2v) is 11.2. The van der Waals surface area contributed by atoms with E-state index in [-0.39, 0.29) is 23.9 Å². The van der Waals surface area contributed by atoms with Crippen LogP contribution in [-0.4, -0.2) is 32.2 Å². The van der Waals surface area contributed by atoms with E-state index >= 15 is 0 Å². The molecule has 10 heteroatoms.